The van der Waals surface area contributed by atoms with Crippen LogP contribution in [0.15, 0.2) is 60.7 Å². The first-order valence-corrected chi connectivity index (χ1v) is 10.3. The van der Waals surface area contributed by atoms with E-state index in [4.69, 9.17) is 9.97 Å². The molecule has 0 spiro atoms. The fourth-order valence-electron chi connectivity index (χ4n) is 3.73. The van der Waals surface area contributed by atoms with Crippen molar-refractivity contribution in [1.82, 2.24) is 14.9 Å². The summed E-state index contributed by atoms with van der Waals surface area (Å²) in [6, 6.07) is 21.2. The highest BCUT2D eigenvalue weighted by molar-refractivity contribution is 5.45. The smallest absolute Gasteiger partial charge is 0.227 e. The fraction of sp³-hybridized carbons (Fsp3) is 0.333. The molecule has 3 aromatic rings. The molecule has 4 rings (SSSR count). The quantitative estimate of drug-likeness (QED) is 0.692. The Morgan fingerprint density at radius 1 is 0.862 bits per heavy atom. The zero-order chi connectivity index (χ0) is 20.1. The molecule has 1 aromatic heterocycles. The van der Waals surface area contributed by atoms with Crippen molar-refractivity contribution in [2.24, 2.45) is 0 Å². The minimum absolute atomic E-state index is 0.771. The maximum Gasteiger partial charge on any atom is 0.227 e. The van der Waals surface area contributed by atoms with E-state index in [1.807, 2.05) is 13.0 Å². The first-order valence-electron chi connectivity index (χ1n) is 10.3. The lowest BCUT2D eigenvalue weighted by atomic mass is 10.1. The highest BCUT2D eigenvalue weighted by Gasteiger charge is 2.19. The zero-order valence-corrected chi connectivity index (χ0v) is 17.3. The zero-order valence-electron chi connectivity index (χ0n) is 17.3. The van der Waals surface area contributed by atoms with E-state index in [0.29, 0.717) is 0 Å². The lowest BCUT2D eigenvalue weighted by molar-refractivity contribution is 0.248. The molecule has 1 aliphatic heterocycles. The Balaban J connectivity index is 1.37. The van der Waals surface area contributed by atoms with Crippen molar-refractivity contribution in [2.75, 3.05) is 36.4 Å². The number of hydrogen-bond donors (Lipinski definition) is 1. The van der Waals surface area contributed by atoms with Gasteiger partial charge in [0.15, 0.2) is 0 Å². The first kappa shape index (κ1) is 19.4. The average Bonchev–Trinajstić information content (AvgIpc) is 2.74. The van der Waals surface area contributed by atoms with Gasteiger partial charge in [-0.05, 0) is 30.5 Å². The van der Waals surface area contributed by atoms with Gasteiger partial charge in [0.05, 0.1) is 0 Å². The number of hydrogen-bond acceptors (Lipinski definition) is 5. The van der Waals surface area contributed by atoms with Gasteiger partial charge in [-0.15, -0.1) is 0 Å². The molecule has 1 fully saturated rings. The second-order valence-electron chi connectivity index (χ2n) is 7.72. The van der Waals surface area contributed by atoms with Crippen molar-refractivity contribution in [3.8, 4) is 0 Å². The van der Waals surface area contributed by atoms with Crippen LogP contribution < -0.4 is 10.2 Å². The predicted molar refractivity (Wildman–Crippen MR) is 119 cm³/mol. The molecule has 2 aromatic carbocycles. The molecule has 0 unspecified atom stereocenters. The minimum Gasteiger partial charge on any atom is -0.366 e. The number of nitrogens with zero attached hydrogens (tertiary/aromatic N) is 4. The molecule has 1 saturated heterocycles. The van der Waals surface area contributed by atoms with Crippen molar-refractivity contribution in [2.45, 2.75) is 26.9 Å². The van der Waals surface area contributed by atoms with Gasteiger partial charge in [0.25, 0.3) is 0 Å². The highest BCUT2D eigenvalue weighted by Crippen LogP contribution is 2.18. The third-order valence-corrected chi connectivity index (χ3v) is 5.47. The molecule has 5 heteroatoms. The molecule has 0 amide bonds. The van der Waals surface area contributed by atoms with Crippen molar-refractivity contribution in [1.29, 1.82) is 0 Å². The standard InChI is InChI=1S/C24H29N5/c1-19-8-6-7-11-22(19)17-25-23-16-20(2)26-24(27-23)29-14-12-28(13-15-29)18-21-9-4-3-5-10-21/h3-11,16H,12-15,17-18H2,1-2H3,(H,25,26,27). The number of aromatic nitrogens is 2. The van der Waals surface area contributed by atoms with E-state index in [0.717, 1.165) is 56.7 Å². The van der Waals surface area contributed by atoms with Crippen LogP contribution in [0.25, 0.3) is 0 Å². The second-order valence-corrected chi connectivity index (χ2v) is 7.72. The van der Waals surface area contributed by atoms with Crippen molar-refractivity contribution in [3.63, 3.8) is 0 Å². The molecule has 2 heterocycles. The summed E-state index contributed by atoms with van der Waals surface area (Å²) in [5.74, 6) is 1.72. The van der Waals surface area contributed by atoms with Crippen molar-refractivity contribution in [3.05, 3.63) is 83.0 Å². The van der Waals surface area contributed by atoms with Crippen LogP contribution in [-0.4, -0.2) is 41.0 Å². The van der Waals surface area contributed by atoms with Crippen LogP contribution >= 0.6 is 0 Å². The highest BCUT2D eigenvalue weighted by atomic mass is 15.3. The van der Waals surface area contributed by atoms with Gasteiger partial charge in [-0.1, -0.05) is 54.6 Å². The van der Waals surface area contributed by atoms with E-state index >= 15 is 0 Å². The van der Waals surface area contributed by atoms with E-state index in [1.165, 1.54) is 16.7 Å². The second kappa shape index (κ2) is 9.05. The predicted octanol–water partition coefficient (Wildman–Crippen LogP) is 4.03. The molecule has 29 heavy (non-hydrogen) atoms. The first-order chi connectivity index (χ1) is 14.2. The maximum atomic E-state index is 4.80. The summed E-state index contributed by atoms with van der Waals surface area (Å²) in [4.78, 5) is 14.3. The van der Waals surface area contributed by atoms with Crippen molar-refractivity contribution >= 4 is 11.8 Å². The molecular formula is C24H29N5. The molecule has 1 aliphatic rings. The van der Waals surface area contributed by atoms with Gasteiger partial charge < -0.3 is 10.2 Å². The third-order valence-electron chi connectivity index (χ3n) is 5.47. The van der Waals surface area contributed by atoms with E-state index in [1.54, 1.807) is 0 Å². The molecule has 0 radical (unpaired) electrons. The third kappa shape index (κ3) is 5.12. The summed E-state index contributed by atoms with van der Waals surface area (Å²) in [7, 11) is 0. The van der Waals surface area contributed by atoms with Gasteiger partial charge in [0, 0.05) is 51.0 Å². The summed E-state index contributed by atoms with van der Waals surface area (Å²) in [5.41, 5.74) is 4.95. The SMILES string of the molecule is Cc1cc(NCc2ccccc2C)nc(N2CCN(Cc3ccccc3)CC2)n1. The fourth-order valence-corrected chi connectivity index (χ4v) is 3.73. The van der Waals surface area contributed by atoms with Crippen LogP contribution in [0.1, 0.15) is 22.4 Å². The van der Waals surface area contributed by atoms with Crippen LogP contribution in [0.3, 0.4) is 0 Å². The maximum absolute atomic E-state index is 4.80. The summed E-state index contributed by atoms with van der Waals surface area (Å²) in [6.07, 6.45) is 0. The molecule has 5 nitrogen and oxygen atoms in total. The Hall–Kier alpha value is -2.92. The molecule has 0 atom stereocenters. The topological polar surface area (TPSA) is 44.3 Å². The summed E-state index contributed by atoms with van der Waals surface area (Å²) >= 11 is 0. The van der Waals surface area contributed by atoms with Crippen LogP contribution in [0.5, 0.6) is 0 Å². The number of benzene rings is 2. The van der Waals surface area contributed by atoms with E-state index in [9.17, 15) is 0 Å². The van der Waals surface area contributed by atoms with Gasteiger partial charge in [-0.25, -0.2) is 4.98 Å². The van der Waals surface area contributed by atoms with E-state index in [2.05, 4.69) is 76.6 Å². The number of nitrogens with one attached hydrogen (secondary N) is 1. The van der Waals surface area contributed by atoms with Crippen LogP contribution in [0, 0.1) is 13.8 Å². The number of anilines is 2. The minimum atomic E-state index is 0.771. The molecular weight excluding hydrogens is 358 g/mol. The summed E-state index contributed by atoms with van der Waals surface area (Å²) in [5, 5.41) is 3.48. The lowest BCUT2D eigenvalue weighted by Crippen LogP contribution is -2.46. The number of aryl methyl sites for hydroxylation is 2. The van der Waals surface area contributed by atoms with Gasteiger partial charge in [0.1, 0.15) is 5.82 Å². The Kier molecular flexibility index (Phi) is 6.06. The monoisotopic (exact) mass is 387 g/mol. The Labute approximate surface area is 173 Å². The van der Waals surface area contributed by atoms with Gasteiger partial charge >= 0.3 is 0 Å². The number of rotatable bonds is 6. The van der Waals surface area contributed by atoms with Gasteiger partial charge in [-0.3, -0.25) is 4.90 Å². The van der Waals surface area contributed by atoms with E-state index in [-0.39, 0.29) is 0 Å². The van der Waals surface area contributed by atoms with Gasteiger partial charge in [0.2, 0.25) is 5.95 Å². The Morgan fingerprint density at radius 3 is 2.34 bits per heavy atom. The van der Waals surface area contributed by atoms with Crippen LogP contribution in [0.4, 0.5) is 11.8 Å². The molecule has 0 bridgehead atoms. The Morgan fingerprint density at radius 2 is 1.59 bits per heavy atom. The average molecular weight is 388 g/mol. The van der Waals surface area contributed by atoms with E-state index < -0.39 is 0 Å². The lowest BCUT2D eigenvalue weighted by Gasteiger charge is -2.35. The Bertz CT molecular complexity index is 933. The van der Waals surface area contributed by atoms with Gasteiger partial charge in [-0.2, -0.15) is 4.98 Å². The number of piperazine rings is 1. The van der Waals surface area contributed by atoms with Crippen LogP contribution in [-0.2, 0) is 13.1 Å². The molecule has 150 valence electrons. The van der Waals surface area contributed by atoms with Crippen molar-refractivity contribution < 1.29 is 0 Å². The largest absolute Gasteiger partial charge is 0.366 e. The van der Waals surface area contributed by atoms with Crippen LogP contribution in [0.2, 0.25) is 0 Å². The molecule has 0 saturated carbocycles. The normalized spacial score (nSPS) is 14.8. The summed E-state index contributed by atoms with van der Waals surface area (Å²) < 4.78 is 0. The molecule has 1 N–H and O–H groups in total. The molecule has 0 aliphatic carbocycles. The summed E-state index contributed by atoms with van der Waals surface area (Å²) in [6.45, 7) is 9.91.